The third-order valence-corrected chi connectivity index (χ3v) is 3.57. The third kappa shape index (κ3) is 0.878. The Balaban J connectivity index is 2.09. The molecule has 0 radical (unpaired) electrons. The lowest BCUT2D eigenvalue weighted by Gasteiger charge is -2.44. The van der Waals surface area contributed by atoms with E-state index in [-0.39, 0.29) is 0 Å². The summed E-state index contributed by atoms with van der Waals surface area (Å²) in [6, 6.07) is 0.551. The maximum absolute atomic E-state index is 5.98. The van der Waals surface area contributed by atoms with Gasteiger partial charge in [-0.25, -0.2) is 0 Å². The summed E-state index contributed by atoms with van der Waals surface area (Å²) in [5.74, 6) is 2.82. The van der Waals surface area contributed by atoms with Crippen molar-refractivity contribution < 1.29 is 0 Å². The van der Waals surface area contributed by atoms with Gasteiger partial charge in [-0.3, -0.25) is 0 Å². The summed E-state index contributed by atoms with van der Waals surface area (Å²) >= 11 is 0. The molecule has 3 aliphatic rings. The Morgan fingerprint density at radius 3 is 2.10 bits per heavy atom. The van der Waals surface area contributed by atoms with Crippen molar-refractivity contribution in [3.05, 3.63) is 0 Å². The minimum atomic E-state index is 0.551. The molecule has 3 fully saturated rings. The lowest BCUT2D eigenvalue weighted by Crippen LogP contribution is -2.44. The predicted molar refractivity (Wildman–Crippen MR) is 42.6 cm³/mol. The van der Waals surface area contributed by atoms with Crippen molar-refractivity contribution in [2.24, 2.45) is 23.5 Å². The molecule has 2 N–H and O–H groups in total. The van der Waals surface area contributed by atoms with Crippen molar-refractivity contribution in [2.45, 2.75) is 38.6 Å². The fraction of sp³-hybridized carbons (Fsp3) is 1.00. The molecule has 10 heavy (non-hydrogen) atoms. The van der Waals surface area contributed by atoms with Crippen LogP contribution in [-0.2, 0) is 0 Å². The molecule has 0 aromatic heterocycles. The summed E-state index contributed by atoms with van der Waals surface area (Å²) in [4.78, 5) is 0. The van der Waals surface area contributed by atoms with E-state index in [1.165, 1.54) is 25.7 Å². The van der Waals surface area contributed by atoms with Gasteiger partial charge in [0.1, 0.15) is 0 Å². The maximum atomic E-state index is 5.98. The smallest absolute Gasteiger partial charge is 0.00700 e. The van der Waals surface area contributed by atoms with Crippen LogP contribution < -0.4 is 5.73 Å². The average Bonchev–Trinajstić information content (AvgIpc) is 1.91. The minimum Gasteiger partial charge on any atom is -0.327 e. The van der Waals surface area contributed by atoms with Crippen LogP contribution >= 0.6 is 0 Å². The normalized spacial score (nSPS) is 53.4. The zero-order valence-electron chi connectivity index (χ0n) is 6.72. The van der Waals surface area contributed by atoms with Crippen molar-refractivity contribution in [2.75, 3.05) is 0 Å². The topological polar surface area (TPSA) is 26.0 Å². The first kappa shape index (κ1) is 6.66. The molecule has 3 unspecified atom stereocenters. The minimum absolute atomic E-state index is 0.551. The van der Waals surface area contributed by atoms with E-state index in [1.807, 2.05) is 0 Å². The maximum Gasteiger partial charge on any atom is 0.00700 e. The fourth-order valence-corrected chi connectivity index (χ4v) is 2.78. The number of hydrogen-bond acceptors (Lipinski definition) is 1. The molecule has 1 heteroatoms. The van der Waals surface area contributed by atoms with E-state index >= 15 is 0 Å². The summed E-state index contributed by atoms with van der Waals surface area (Å²) in [5.41, 5.74) is 5.98. The van der Waals surface area contributed by atoms with Crippen LogP contribution in [0.3, 0.4) is 0 Å². The molecule has 3 aliphatic carbocycles. The molecule has 3 saturated carbocycles. The van der Waals surface area contributed by atoms with Crippen LogP contribution in [0.25, 0.3) is 0 Å². The number of nitrogens with two attached hydrogens (primary N) is 1. The number of rotatable bonds is 0. The quantitative estimate of drug-likeness (QED) is 0.544. The molecule has 0 spiro atoms. The van der Waals surface area contributed by atoms with Crippen LogP contribution in [0, 0.1) is 17.8 Å². The Morgan fingerprint density at radius 2 is 1.80 bits per heavy atom. The van der Waals surface area contributed by atoms with E-state index in [1.54, 1.807) is 0 Å². The van der Waals surface area contributed by atoms with Crippen molar-refractivity contribution >= 4 is 0 Å². The zero-order valence-corrected chi connectivity index (χ0v) is 6.72. The Hall–Kier alpha value is -0.0400. The lowest BCUT2D eigenvalue weighted by atomic mass is 9.63. The van der Waals surface area contributed by atoms with Gasteiger partial charge in [-0.2, -0.15) is 0 Å². The van der Waals surface area contributed by atoms with Crippen molar-refractivity contribution in [3.63, 3.8) is 0 Å². The van der Waals surface area contributed by atoms with Crippen LogP contribution in [0.4, 0.5) is 0 Å². The lowest BCUT2D eigenvalue weighted by molar-refractivity contribution is 0.0890. The van der Waals surface area contributed by atoms with E-state index in [9.17, 15) is 0 Å². The molecule has 0 aliphatic heterocycles. The standard InChI is InChI=1S/C9H17N/c1-6-4-8-3-2-7(6)5-9(8)10/h6-9H,2-5,10H2,1H3/t6-,7?,8?,9?/m1/s1. The second-order valence-electron chi connectivity index (χ2n) is 4.21. The highest BCUT2D eigenvalue weighted by Crippen LogP contribution is 2.43. The fourth-order valence-electron chi connectivity index (χ4n) is 2.78. The molecule has 2 bridgehead atoms. The monoisotopic (exact) mass is 139 g/mol. The van der Waals surface area contributed by atoms with E-state index in [4.69, 9.17) is 5.73 Å². The number of fused-ring (bicyclic) bond motifs is 3. The Kier molecular flexibility index (Phi) is 1.48. The molecule has 0 aromatic rings. The van der Waals surface area contributed by atoms with Crippen molar-refractivity contribution in [1.82, 2.24) is 0 Å². The average molecular weight is 139 g/mol. The van der Waals surface area contributed by atoms with Crippen LogP contribution in [0.1, 0.15) is 32.6 Å². The van der Waals surface area contributed by atoms with Crippen LogP contribution in [-0.4, -0.2) is 6.04 Å². The van der Waals surface area contributed by atoms with Gasteiger partial charge in [-0.05, 0) is 43.4 Å². The molecule has 4 atom stereocenters. The Bertz CT molecular complexity index is 117. The molecule has 0 heterocycles. The summed E-state index contributed by atoms with van der Waals surface area (Å²) < 4.78 is 0. The highest BCUT2D eigenvalue weighted by atomic mass is 14.7. The van der Waals surface area contributed by atoms with Crippen molar-refractivity contribution in [1.29, 1.82) is 0 Å². The van der Waals surface area contributed by atoms with Crippen LogP contribution in [0.15, 0.2) is 0 Å². The van der Waals surface area contributed by atoms with Gasteiger partial charge in [0.2, 0.25) is 0 Å². The summed E-state index contributed by atoms with van der Waals surface area (Å²) in [6.45, 7) is 2.39. The van der Waals surface area contributed by atoms with E-state index in [0.29, 0.717) is 6.04 Å². The first-order chi connectivity index (χ1) is 4.77. The first-order valence-electron chi connectivity index (χ1n) is 4.53. The molecular formula is C9H17N. The molecular weight excluding hydrogens is 122 g/mol. The Morgan fingerprint density at radius 1 is 1.10 bits per heavy atom. The highest BCUT2D eigenvalue weighted by molar-refractivity contribution is 4.91. The molecule has 3 rings (SSSR count). The van der Waals surface area contributed by atoms with Gasteiger partial charge in [0, 0.05) is 6.04 Å². The van der Waals surface area contributed by atoms with Gasteiger partial charge in [-0.1, -0.05) is 6.92 Å². The van der Waals surface area contributed by atoms with Crippen LogP contribution in [0.2, 0.25) is 0 Å². The SMILES string of the molecule is C[C@@H]1CC2CCC1CC2N. The second kappa shape index (κ2) is 2.23. The largest absolute Gasteiger partial charge is 0.327 e. The van der Waals surface area contributed by atoms with E-state index in [0.717, 1.165) is 17.8 Å². The van der Waals surface area contributed by atoms with Gasteiger partial charge < -0.3 is 5.73 Å². The molecule has 0 amide bonds. The molecule has 0 aromatic carbocycles. The summed E-state index contributed by atoms with van der Waals surface area (Å²) in [5, 5.41) is 0. The highest BCUT2D eigenvalue weighted by Gasteiger charge is 2.37. The third-order valence-electron chi connectivity index (χ3n) is 3.57. The molecule has 1 nitrogen and oxygen atoms in total. The second-order valence-corrected chi connectivity index (χ2v) is 4.21. The summed E-state index contributed by atoms with van der Waals surface area (Å²) in [7, 11) is 0. The van der Waals surface area contributed by atoms with Gasteiger partial charge in [0.15, 0.2) is 0 Å². The zero-order chi connectivity index (χ0) is 7.14. The van der Waals surface area contributed by atoms with Crippen molar-refractivity contribution in [3.8, 4) is 0 Å². The number of hydrogen-bond donors (Lipinski definition) is 1. The van der Waals surface area contributed by atoms with E-state index < -0.39 is 0 Å². The van der Waals surface area contributed by atoms with Gasteiger partial charge >= 0.3 is 0 Å². The predicted octanol–water partition coefficient (Wildman–Crippen LogP) is 1.77. The van der Waals surface area contributed by atoms with Gasteiger partial charge in [0.05, 0.1) is 0 Å². The summed E-state index contributed by atoms with van der Waals surface area (Å²) in [6.07, 6.45) is 5.59. The Labute approximate surface area is 63.0 Å². The molecule has 0 saturated heterocycles. The van der Waals surface area contributed by atoms with E-state index in [2.05, 4.69) is 6.92 Å². The van der Waals surface area contributed by atoms with Crippen LogP contribution in [0.5, 0.6) is 0 Å². The first-order valence-corrected chi connectivity index (χ1v) is 4.53. The van der Waals surface area contributed by atoms with Gasteiger partial charge in [-0.15, -0.1) is 0 Å². The van der Waals surface area contributed by atoms with Gasteiger partial charge in [0.25, 0.3) is 0 Å². The molecule has 58 valence electrons.